The molecule has 5 nitrogen and oxygen atoms in total. The van der Waals surface area contributed by atoms with E-state index in [1.54, 1.807) is 0 Å². The van der Waals surface area contributed by atoms with Crippen molar-refractivity contribution in [1.29, 1.82) is 0 Å². The maximum Gasteiger partial charge on any atom is 0.303 e. The third-order valence-corrected chi connectivity index (χ3v) is 5.27. The summed E-state index contributed by atoms with van der Waals surface area (Å²) in [7, 11) is 0. The lowest BCUT2D eigenvalue weighted by Gasteiger charge is -2.36. The zero-order valence-corrected chi connectivity index (χ0v) is 16.7. The number of anilines is 1. The molecule has 1 N–H and O–H groups in total. The molecule has 29 heavy (non-hydrogen) atoms. The first-order valence-electron chi connectivity index (χ1n) is 10.3. The zero-order chi connectivity index (χ0) is 20.5. The summed E-state index contributed by atoms with van der Waals surface area (Å²) in [6.07, 6.45) is 2.73. The summed E-state index contributed by atoms with van der Waals surface area (Å²) in [6, 6.07) is 14.8. The lowest BCUT2D eigenvalue weighted by Crippen LogP contribution is -2.47. The number of carbonyl (C=O) groups is 1. The van der Waals surface area contributed by atoms with Crippen LogP contribution in [0.3, 0.4) is 0 Å². The Morgan fingerprint density at radius 1 is 0.966 bits per heavy atom. The zero-order valence-electron chi connectivity index (χ0n) is 16.7. The average Bonchev–Trinajstić information content (AvgIpc) is 2.73. The van der Waals surface area contributed by atoms with Crippen LogP contribution in [-0.2, 0) is 11.2 Å². The van der Waals surface area contributed by atoms with Crippen LogP contribution in [0.15, 0.2) is 48.5 Å². The molecule has 1 aliphatic rings. The Morgan fingerprint density at radius 2 is 1.66 bits per heavy atom. The Morgan fingerprint density at radius 3 is 2.31 bits per heavy atom. The van der Waals surface area contributed by atoms with Gasteiger partial charge >= 0.3 is 5.97 Å². The fourth-order valence-electron chi connectivity index (χ4n) is 3.53. The first-order valence-corrected chi connectivity index (χ1v) is 10.3. The number of nitrogens with zero attached hydrogens (tertiary/aromatic N) is 2. The van der Waals surface area contributed by atoms with Crippen molar-refractivity contribution in [1.82, 2.24) is 4.90 Å². The highest BCUT2D eigenvalue weighted by atomic mass is 19.1. The largest absolute Gasteiger partial charge is 0.492 e. The van der Waals surface area contributed by atoms with Gasteiger partial charge in [-0.05, 0) is 61.2 Å². The second-order valence-corrected chi connectivity index (χ2v) is 7.40. The predicted octanol–water partition coefficient (Wildman–Crippen LogP) is 3.82. The molecule has 2 aromatic carbocycles. The average molecular weight is 400 g/mol. The minimum Gasteiger partial charge on any atom is -0.492 e. The minimum absolute atomic E-state index is 0.198. The molecule has 1 heterocycles. The number of carboxylic acid groups (broad SMARTS) is 1. The Bertz CT molecular complexity index is 757. The fourth-order valence-corrected chi connectivity index (χ4v) is 3.53. The van der Waals surface area contributed by atoms with Crippen LogP contribution in [0.4, 0.5) is 10.1 Å². The molecule has 1 aliphatic heterocycles. The molecule has 0 amide bonds. The highest BCUT2D eigenvalue weighted by molar-refractivity contribution is 5.66. The summed E-state index contributed by atoms with van der Waals surface area (Å²) >= 11 is 0. The van der Waals surface area contributed by atoms with E-state index in [4.69, 9.17) is 9.84 Å². The van der Waals surface area contributed by atoms with Crippen molar-refractivity contribution in [2.45, 2.75) is 25.7 Å². The smallest absolute Gasteiger partial charge is 0.303 e. The number of piperazine rings is 1. The Kier molecular flexibility index (Phi) is 7.87. The lowest BCUT2D eigenvalue weighted by atomic mass is 10.1. The number of benzene rings is 2. The molecular weight excluding hydrogens is 371 g/mol. The van der Waals surface area contributed by atoms with Crippen LogP contribution in [0.5, 0.6) is 5.75 Å². The van der Waals surface area contributed by atoms with Gasteiger partial charge < -0.3 is 14.7 Å². The first kappa shape index (κ1) is 21.1. The molecule has 0 aromatic heterocycles. The standard InChI is InChI=1S/C23H29FN2O3/c24-20-7-9-21(10-8-20)26-15-13-25(14-16-26)17-18-29-22-11-5-19(6-12-22)3-1-2-4-23(27)28/h5-12H,1-4,13-18H2,(H,27,28). The van der Waals surface area contributed by atoms with Crippen molar-refractivity contribution < 1.29 is 19.0 Å². The second-order valence-electron chi connectivity index (χ2n) is 7.40. The molecule has 0 unspecified atom stereocenters. The SMILES string of the molecule is O=C(O)CCCCc1ccc(OCCN2CCN(c3ccc(F)cc3)CC2)cc1. The Hall–Kier alpha value is -2.60. The quantitative estimate of drug-likeness (QED) is 0.615. The molecular formula is C23H29FN2O3. The van der Waals surface area contributed by atoms with Gasteiger partial charge in [0, 0.05) is 44.8 Å². The Labute approximate surface area is 171 Å². The predicted molar refractivity (Wildman–Crippen MR) is 112 cm³/mol. The van der Waals surface area contributed by atoms with Crippen molar-refractivity contribution in [2.75, 3.05) is 44.2 Å². The molecule has 0 aliphatic carbocycles. The van der Waals surface area contributed by atoms with Crippen molar-refractivity contribution in [2.24, 2.45) is 0 Å². The highest BCUT2D eigenvalue weighted by Gasteiger charge is 2.17. The number of aryl methyl sites for hydroxylation is 1. The molecule has 156 valence electrons. The van der Waals surface area contributed by atoms with Crippen LogP contribution >= 0.6 is 0 Å². The van der Waals surface area contributed by atoms with Crippen LogP contribution in [0.2, 0.25) is 0 Å². The van der Waals surface area contributed by atoms with Gasteiger partial charge in [-0.3, -0.25) is 9.69 Å². The number of carboxylic acids is 1. The summed E-state index contributed by atoms with van der Waals surface area (Å²) in [6.45, 7) is 5.33. The van der Waals surface area contributed by atoms with E-state index < -0.39 is 5.97 Å². The number of ether oxygens (including phenoxy) is 1. The molecule has 1 saturated heterocycles. The van der Waals surface area contributed by atoms with Gasteiger partial charge in [-0.15, -0.1) is 0 Å². The normalized spacial score (nSPS) is 14.7. The topological polar surface area (TPSA) is 53.0 Å². The molecule has 3 rings (SSSR count). The minimum atomic E-state index is -0.731. The molecule has 0 atom stereocenters. The molecule has 6 heteroatoms. The summed E-state index contributed by atoms with van der Waals surface area (Å²) in [5, 5.41) is 8.66. The van der Waals surface area contributed by atoms with Gasteiger partial charge in [0.2, 0.25) is 0 Å². The summed E-state index contributed by atoms with van der Waals surface area (Å²) in [5.41, 5.74) is 2.28. The Balaban J connectivity index is 1.32. The lowest BCUT2D eigenvalue weighted by molar-refractivity contribution is -0.137. The van der Waals surface area contributed by atoms with E-state index in [1.807, 2.05) is 24.3 Å². The number of hydrogen-bond donors (Lipinski definition) is 1. The van der Waals surface area contributed by atoms with Gasteiger partial charge in [0.05, 0.1) is 0 Å². The van der Waals surface area contributed by atoms with Gasteiger partial charge in [-0.2, -0.15) is 0 Å². The van der Waals surface area contributed by atoms with Crippen LogP contribution in [0.25, 0.3) is 0 Å². The number of halogens is 1. The molecule has 1 fully saturated rings. The monoisotopic (exact) mass is 400 g/mol. The van der Waals surface area contributed by atoms with Gasteiger partial charge in [0.25, 0.3) is 0 Å². The van der Waals surface area contributed by atoms with E-state index in [2.05, 4.69) is 21.9 Å². The molecule has 0 radical (unpaired) electrons. The fraction of sp³-hybridized carbons (Fsp3) is 0.435. The third-order valence-electron chi connectivity index (χ3n) is 5.27. The summed E-state index contributed by atoms with van der Waals surface area (Å²) in [4.78, 5) is 15.2. The van der Waals surface area contributed by atoms with Crippen LogP contribution in [-0.4, -0.2) is 55.3 Å². The molecule has 0 spiro atoms. The molecule has 2 aromatic rings. The van der Waals surface area contributed by atoms with E-state index in [0.29, 0.717) is 13.0 Å². The number of rotatable bonds is 10. The summed E-state index contributed by atoms with van der Waals surface area (Å²) < 4.78 is 18.9. The number of unbranched alkanes of at least 4 members (excludes halogenated alkanes) is 1. The van der Waals surface area contributed by atoms with Crippen LogP contribution in [0, 0.1) is 5.82 Å². The number of aliphatic carboxylic acids is 1. The number of hydrogen-bond acceptors (Lipinski definition) is 4. The molecule has 0 bridgehead atoms. The second kappa shape index (κ2) is 10.8. The highest BCUT2D eigenvalue weighted by Crippen LogP contribution is 2.17. The maximum atomic E-state index is 13.1. The van der Waals surface area contributed by atoms with E-state index in [1.165, 1.54) is 17.7 Å². The molecule has 0 saturated carbocycles. The van der Waals surface area contributed by atoms with Gasteiger partial charge in [-0.1, -0.05) is 12.1 Å². The van der Waals surface area contributed by atoms with Crippen molar-refractivity contribution in [3.63, 3.8) is 0 Å². The summed E-state index contributed by atoms with van der Waals surface area (Å²) in [5.74, 6) is -0.0643. The van der Waals surface area contributed by atoms with Gasteiger partial charge in [0.15, 0.2) is 0 Å². The van der Waals surface area contributed by atoms with Crippen molar-refractivity contribution in [3.8, 4) is 5.75 Å². The van der Waals surface area contributed by atoms with Crippen molar-refractivity contribution in [3.05, 3.63) is 59.9 Å². The van der Waals surface area contributed by atoms with Gasteiger partial charge in [0.1, 0.15) is 18.2 Å². The maximum absolute atomic E-state index is 13.1. The van der Waals surface area contributed by atoms with E-state index in [0.717, 1.165) is 57.0 Å². The van der Waals surface area contributed by atoms with E-state index >= 15 is 0 Å². The van der Waals surface area contributed by atoms with E-state index in [-0.39, 0.29) is 12.2 Å². The van der Waals surface area contributed by atoms with Crippen LogP contribution in [0.1, 0.15) is 24.8 Å². The third kappa shape index (κ3) is 7.06. The van der Waals surface area contributed by atoms with Crippen molar-refractivity contribution >= 4 is 11.7 Å². The van der Waals surface area contributed by atoms with Gasteiger partial charge in [-0.25, -0.2) is 4.39 Å². The van der Waals surface area contributed by atoms with Crippen LogP contribution < -0.4 is 9.64 Å². The first-order chi connectivity index (χ1) is 14.1. The van der Waals surface area contributed by atoms with E-state index in [9.17, 15) is 9.18 Å².